The molecule has 6 heteroatoms. The maximum Gasteiger partial charge on any atom is 0.265 e. The van der Waals surface area contributed by atoms with E-state index in [2.05, 4.69) is 4.98 Å². The van der Waals surface area contributed by atoms with Gasteiger partial charge in [0.2, 0.25) is 0 Å². The summed E-state index contributed by atoms with van der Waals surface area (Å²) in [6, 6.07) is 2.97. The van der Waals surface area contributed by atoms with E-state index in [0.717, 1.165) is 6.07 Å². The van der Waals surface area contributed by atoms with E-state index < -0.39 is 6.43 Å². The van der Waals surface area contributed by atoms with E-state index in [-0.39, 0.29) is 34.9 Å². The molecule has 0 unspecified atom stereocenters. The highest BCUT2D eigenvalue weighted by Gasteiger charge is 2.16. The van der Waals surface area contributed by atoms with E-state index in [1.165, 1.54) is 0 Å². The second-order valence-electron chi connectivity index (χ2n) is 2.79. The number of aromatic nitrogens is 1. The molecule has 1 aromatic rings. The van der Waals surface area contributed by atoms with Crippen molar-refractivity contribution in [2.45, 2.75) is 19.4 Å². The van der Waals surface area contributed by atoms with Crippen LogP contribution in [0, 0.1) is 11.3 Å². The zero-order chi connectivity index (χ0) is 11.4. The van der Waals surface area contributed by atoms with Crippen LogP contribution in [-0.4, -0.2) is 4.98 Å². The third-order valence-electron chi connectivity index (χ3n) is 1.84. The quantitative estimate of drug-likeness (QED) is 0.867. The van der Waals surface area contributed by atoms with E-state index in [9.17, 15) is 8.78 Å². The Hall–Kier alpha value is -1.25. The van der Waals surface area contributed by atoms with Gasteiger partial charge in [-0.2, -0.15) is 5.26 Å². The van der Waals surface area contributed by atoms with Gasteiger partial charge in [-0.05, 0) is 6.07 Å². The smallest absolute Gasteiger partial charge is 0.265 e. The first-order valence-electron chi connectivity index (χ1n) is 4.13. The Balaban J connectivity index is 3.24. The molecule has 3 nitrogen and oxygen atoms in total. The molecule has 80 valence electrons. The summed E-state index contributed by atoms with van der Waals surface area (Å²) in [5.41, 5.74) is 5.37. The molecule has 1 rings (SSSR count). The standard InChI is InChI=1S/C9H8ClF2N3/c10-6-3-5(9(11)12)8(4-14)15-7(6)1-2-13/h3,9H,1,4,14H2. The number of hydrogen-bond acceptors (Lipinski definition) is 3. The highest BCUT2D eigenvalue weighted by atomic mass is 35.5. The third kappa shape index (κ3) is 2.61. The van der Waals surface area contributed by atoms with Crippen LogP contribution in [0.5, 0.6) is 0 Å². The number of nitriles is 1. The molecule has 0 amide bonds. The summed E-state index contributed by atoms with van der Waals surface area (Å²) in [4.78, 5) is 3.84. The van der Waals surface area contributed by atoms with E-state index in [4.69, 9.17) is 22.6 Å². The molecule has 0 aliphatic carbocycles. The summed E-state index contributed by atoms with van der Waals surface area (Å²) in [6.07, 6.45) is -2.68. The highest BCUT2D eigenvalue weighted by molar-refractivity contribution is 6.31. The van der Waals surface area contributed by atoms with Gasteiger partial charge in [-0.1, -0.05) is 11.6 Å². The fourth-order valence-corrected chi connectivity index (χ4v) is 1.36. The molecule has 0 saturated carbocycles. The SMILES string of the molecule is N#CCc1nc(CN)c(C(F)F)cc1Cl. The summed E-state index contributed by atoms with van der Waals surface area (Å²) >= 11 is 5.69. The van der Waals surface area contributed by atoms with E-state index >= 15 is 0 Å². The minimum absolute atomic E-state index is 0.0185. The van der Waals surface area contributed by atoms with Gasteiger partial charge < -0.3 is 5.73 Å². The largest absolute Gasteiger partial charge is 0.325 e. The highest BCUT2D eigenvalue weighted by Crippen LogP contribution is 2.26. The van der Waals surface area contributed by atoms with Gasteiger partial charge in [0.1, 0.15) is 0 Å². The predicted octanol–water partition coefficient (Wildman–Crippen LogP) is 2.20. The Kier molecular flexibility index (Phi) is 3.95. The molecule has 0 radical (unpaired) electrons. The van der Waals surface area contributed by atoms with Crippen molar-refractivity contribution in [2.24, 2.45) is 5.73 Å². The first-order chi connectivity index (χ1) is 7.10. The van der Waals surface area contributed by atoms with Crippen molar-refractivity contribution >= 4 is 11.6 Å². The van der Waals surface area contributed by atoms with Crippen molar-refractivity contribution in [3.8, 4) is 6.07 Å². The fraction of sp³-hybridized carbons (Fsp3) is 0.333. The van der Waals surface area contributed by atoms with E-state index in [1.54, 1.807) is 0 Å². The molecule has 0 spiro atoms. The number of nitrogens with zero attached hydrogens (tertiary/aromatic N) is 2. The maximum absolute atomic E-state index is 12.5. The Labute approximate surface area is 90.5 Å². The van der Waals surface area contributed by atoms with Crippen LogP contribution < -0.4 is 5.73 Å². The summed E-state index contributed by atoms with van der Waals surface area (Å²) in [5, 5.41) is 8.53. The predicted molar refractivity (Wildman–Crippen MR) is 51.4 cm³/mol. The van der Waals surface area contributed by atoms with Crippen LogP contribution in [0.1, 0.15) is 23.4 Å². The van der Waals surface area contributed by atoms with Crippen molar-refractivity contribution in [2.75, 3.05) is 0 Å². The number of halogens is 3. The zero-order valence-corrected chi connectivity index (χ0v) is 8.43. The monoisotopic (exact) mass is 231 g/mol. The zero-order valence-electron chi connectivity index (χ0n) is 7.67. The lowest BCUT2D eigenvalue weighted by Crippen LogP contribution is -2.07. The number of nitrogens with two attached hydrogens (primary N) is 1. The Morgan fingerprint density at radius 3 is 2.67 bits per heavy atom. The molecular formula is C9H8ClF2N3. The van der Waals surface area contributed by atoms with Gasteiger partial charge in [-0.25, -0.2) is 8.78 Å². The lowest BCUT2D eigenvalue weighted by molar-refractivity contribution is 0.149. The molecule has 15 heavy (non-hydrogen) atoms. The van der Waals surface area contributed by atoms with E-state index in [0.29, 0.717) is 0 Å². The molecule has 0 aromatic carbocycles. The molecule has 0 fully saturated rings. The molecule has 0 saturated heterocycles. The fourth-order valence-electron chi connectivity index (χ4n) is 1.14. The second kappa shape index (κ2) is 5.01. The second-order valence-corrected chi connectivity index (χ2v) is 3.20. The molecule has 0 bridgehead atoms. The van der Waals surface area contributed by atoms with Crippen LogP contribution in [0.3, 0.4) is 0 Å². The number of rotatable bonds is 3. The molecule has 0 aliphatic heterocycles. The Morgan fingerprint density at radius 2 is 2.20 bits per heavy atom. The molecular weight excluding hydrogens is 224 g/mol. The minimum Gasteiger partial charge on any atom is -0.325 e. The van der Waals surface area contributed by atoms with Crippen molar-refractivity contribution in [1.82, 2.24) is 4.98 Å². The van der Waals surface area contributed by atoms with Gasteiger partial charge in [-0.15, -0.1) is 0 Å². The van der Waals surface area contributed by atoms with Crippen LogP contribution in [0.15, 0.2) is 6.07 Å². The summed E-state index contributed by atoms with van der Waals surface area (Å²) in [5.74, 6) is 0. The van der Waals surface area contributed by atoms with Crippen molar-refractivity contribution in [3.63, 3.8) is 0 Å². The lowest BCUT2D eigenvalue weighted by Gasteiger charge is -2.09. The lowest BCUT2D eigenvalue weighted by atomic mass is 10.1. The average molecular weight is 232 g/mol. The Morgan fingerprint density at radius 1 is 1.53 bits per heavy atom. The minimum atomic E-state index is -2.66. The molecule has 1 aromatic heterocycles. The van der Waals surface area contributed by atoms with Gasteiger partial charge in [0, 0.05) is 12.1 Å². The Bertz CT molecular complexity index is 401. The summed E-state index contributed by atoms with van der Waals surface area (Å²) < 4.78 is 25.0. The first kappa shape index (κ1) is 11.8. The van der Waals surface area contributed by atoms with Crippen molar-refractivity contribution in [3.05, 3.63) is 28.0 Å². The summed E-state index contributed by atoms with van der Waals surface area (Å²) in [7, 11) is 0. The number of hydrogen-bond donors (Lipinski definition) is 1. The topological polar surface area (TPSA) is 62.7 Å². The van der Waals surface area contributed by atoms with Gasteiger partial charge >= 0.3 is 0 Å². The molecule has 0 aliphatic rings. The molecule has 1 heterocycles. The van der Waals surface area contributed by atoms with Crippen LogP contribution in [0.2, 0.25) is 5.02 Å². The average Bonchev–Trinajstić information content (AvgIpc) is 2.20. The van der Waals surface area contributed by atoms with E-state index in [1.807, 2.05) is 6.07 Å². The number of pyridine rings is 1. The molecule has 0 atom stereocenters. The van der Waals surface area contributed by atoms with Crippen LogP contribution in [0.4, 0.5) is 8.78 Å². The molecule has 2 N–H and O–H groups in total. The normalized spacial score (nSPS) is 10.4. The summed E-state index contributed by atoms with van der Waals surface area (Å²) in [6.45, 7) is -0.102. The van der Waals surface area contributed by atoms with Gasteiger partial charge in [0.15, 0.2) is 0 Å². The van der Waals surface area contributed by atoms with Gasteiger partial charge in [0.25, 0.3) is 6.43 Å². The van der Waals surface area contributed by atoms with Gasteiger partial charge in [0.05, 0.1) is 28.9 Å². The van der Waals surface area contributed by atoms with Crippen LogP contribution in [0.25, 0.3) is 0 Å². The van der Waals surface area contributed by atoms with Crippen molar-refractivity contribution < 1.29 is 8.78 Å². The van der Waals surface area contributed by atoms with Gasteiger partial charge in [-0.3, -0.25) is 4.98 Å². The van der Waals surface area contributed by atoms with Crippen LogP contribution in [-0.2, 0) is 13.0 Å². The maximum atomic E-state index is 12.5. The first-order valence-corrected chi connectivity index (χ1v) is 4.51. The van der Waals surface area contributed by atoms with Crippen molar-refractivity contribution in [1.29, 1.82) is 5.26 Å². The van der Waals surface area contributed by atoms with Crippen LogP contribution >= 0.6 is 11.6 Å². The number of alkyl halides is 2. The third-order valence-corrected chi connectivity index (χ3v) is 2.16.